The summed E-state index contributed by atoms with van der Waals surface area (Å²) in [6.07, 6.45) is 0. The first kappa shape index (κ1) is 23.5. The van der Waals surface area contributed by atoms with Crippen molar-refractivity contribution in [1.29, 1.82) is 0 Å². The van der Waals surface area contributed by atoms with Crippen LogP contribution in [0.4, 0.5) is 5.69 Å². The molecule has 178 valence electrons. The van der Waals surface area contributed by atoms with Gasteiger partial charge in [-0.2, -0.15) is 0 Å². The SMILES string of the molecule is COc1ccc(OCc2nnc(C(=O)Nc3ccc(C(=O)N4CCOCC4)cc3)s2)cc1OC. The molecule has 1 N–H and O–H groups in total. The van der Waals surface area contributed by atoms with Gasteiger partial charge in [0.25, 0.3) is 11.8 Å². The van der Waals surface area contributed by atoms with E-state index in [1.54, 1.807) is 61.6 Å². The van der Waals surface area contributed by atoms with Gasteiger partial charge in [0.2, 0.25) is 5.01 Å². The number of hydrogen-bond acceptors (Lipinski definition) is 9. The summed E-state index contributed by atoms with van der Waals surface area (Å²) in [7, 11) is 3.11. The Hall–Kier alpha value is -3.70. The lowest BCUT2D eigenvalue weighted by Crippen LogP contribution is -2.40. The molecule has 3 aromatic rings. The molecular formula is C23H24N4O6S. The molecule has 1 aliphatic rings. The minimum absolute atomic E-state index is 0.0515. The summed E-state index contributed by atoms with van der Waals surface area (Å²) in [6, 6.07) is 12.0. The topological polar surface area (TPSA) is 112 Å². The average molecular weight is 485 g/mol. The molecular weight excluding hydrogens is 460 g/mol. The summed E-state index contributed by atoms with van der Waals surface area (Å²) in [5.41, 5.74) is 1.12. The zero-order valence-corrected chi connectivity index (χ0v) is 19.6. The zero-order valence-electron chi connectivity index (χ0n) is 18.8. The van der Waals surface area contributed by atoms with Crippen molar-refractivity contribution in [2.24, 2.45) is 0 Å². The normalized spacial score (nSPS) is 13.3. The van der Waals surface area contributed by atoms with Crippen LogP contribution < -0.4 is 19.5 Å². The fourth-order valence-corrected chi connectivity index (χ4v) is 3.93. The average Bonchev–Trinajstić information content (AvgIpc) is 3.37. The van der Waals surface area contributed by atoms with E-state index in [9.17, 15) is 9.59 Å². The van der Waals surface area contributed by atoms with Crippen LogP contribution in [0.1, 0.15) is 25.2 Å². The van der Waals surface area contributed by atoms with Gasteiger partial charge < -0.3 is 29.2 Å². The lowest BCUT2D eigenvalue weighted by Gasteiger charge is -2.26. The van der Waals surface area contributed by atoms with Gasteiger partial charge in [0, 0.05) is 30.4 Å². The Balaban J connectivity index is 1.32. The summed E-state index contributed by atoms with van der Waals surface area (Å²) in [6.45, 7) is 2.39. The number of benzene rings is 2. The predicted molar refractivity (Wildman–Crippen MR) is 125 cm³/mol. The Morgan fingerprint density at radius 1 is 1.03 bits per heavy atom. The first-order chi connectivity index (χ1) is 16.6. The molecule has 0 radical (unpaired) electrons. The number of carbonyl (C=O) groups excluding carboxylic acids is 2. The van der Waals surface area contributed by atoms with E-state index in [1.807, 2.05) is 0 Å². The molecule has 1 aliphatic heterocycles. The Morgan fingerprint density at radius 3 is 2.47 bits per heavy atom. The number of hydrogen-bond donors (Lipinski definition) is 1. The van der Waals surface area contributed by atoms with E-state index in [2.05, 4.69) is 15.5 Å². The van der Waals surface area contributed by atoms with E-state index in [1.165, 1.54) is 0 Å². The quantitative estimate of drug-likeness (QED) is 0.520. The molecule has 11 heteroatoms. The van der Waals surface area contributed by atoms with Crippen LogP contribution in [0.15, 0.2) is 42.5 Å². The molecule has 1 fully saturated rings. The van der Waals surface area contributed by atoms with Crippen LogP contribution in [0.2, 0.25) is 0 Å². The van der Waals surface area contributed by atoms with Gasteiger partial charge >= 0.3 is 0 Å². The van der Waals surface area contributed by atoms with Gasteiger partial charge in [-0.25, -0.2) is 0 Å². The number of amides is 2. The van der Waals surface area contributed by atoms with E-state index < -0.39 is 0 Å². The number of methoxy groups -OCH3 is 2. The molecule has 2 amide bonds. The van der Waals surface area contributed by atoms with Crippen LogP contribution in [0.25, 0.3) is 0 Å². The minimum atomic E-state index is -0.387. The van der Waals surface area contributed by atoms with Crippen molar-refractivity contribution in [2.75, 3.05) is 45.8 Å². The maximum atomic E-state index is 12.6. The predicted octanol–water partition coefficient (Wildman–Crippen LogP) is 2.86. The second-order valence-electron chi connectivity index (χ2n) is 7.24. The minimum Gasteiger partial charge on any atom is -0.493 e. The molecule has 10 nitrogen and oxygen atoms in total. The van der Waals surface area contributed by atoms with E-state index in [4.69, 9.17) is 18.9 Å². The van der Waals surface area contributed by atoms with Gasteiger partial charge in [0.05, 0.1) is 27.4 Å². The lowest BCUT2D eigenvalue weighted by molar-refractivity contribution is 0.0303. The Kier molecular flexibility index (Phi) is 7.55. The van der Waals surface area contributed by atoms with Gasteiger partial charge in [0.1, 0.15) is 12.4 Å². The van der Waals surface area contributed by atoms with Gasteiger partial charge in [-0.1, -0.05) is 11.3 Å². The molecule has 1 saturated heterocycles. The highest BCUT2D eigenvalue weighted by Crippen LogP contribution is 2.31. The molecule has 0 spiro atoms. The molecule has 0 saturated carbocycles. The second-order valence-corrected chi connectivity index (χ2v) is 8.30. The van der Waals surface area contributed by atoms with Crippen molar-refractivity contribution in [3.63, 3.8) is 0 Å². The highest BCUT2D eigenvalue weighted by atomic mass is 32.1. The molecule has 4 rings (SSSR count). The van der Waals surface area contributed by atoms with Crippen molar-refractivity contribution in [3.8, 4) is 17.2 Å². The first-order valence-corrected chi connectivity index (χ1v) is 11.3. The zero-order chi connectivity index (χ0) is 23.9. The summed E-state index contributed by atoms with van der Waals surface area (Å²) in [5.74, 6) is 1.29. The van der Waals surface area contributed by atoms with Gasteiger partial charge in [-0.05, 0) is 36.4 Å². The van der Waals surface area contributed by atoms with Crippen molar-refractivity contribution in [1.82, 2.24) is 15.1 Å². The molecule has 2 aromatic carbocycles. The van der Waals surface area contributed by atoms with Gasteiger partial charge in [-0.15, -0.1) is 10.2 Å². The standard InChI is InChI=1S/C23H24N4O6S/c1-30-18-8-7-17(13-19(18)31-2)33-14-20-25-26-22(34-20)21(28)24-16-5-3-15(4-6-16)23(29)27-9-11-32-12-10-27/h3-8,13H,9-12,14H2,1-2H3,(H,24,28). The number of nitrogens with zero attached hydrogens (tertiary/aromatic N) is 3. The molecule has 1 aromatic heterocycles. The smallest absolute Gasteiger partial charge is 0.286 e. The third kappa shape index (κ3) is 5.61. The fraction of sp³-hybridized carbons (Fsp3) is 0.304. The maximum Gasteiger partial charge on any atom is 0.286 e. The maximum absolute atomic E-state index is 12.6. The molecule has 0 aliphatic carbocycles. The van der Waals surface area contributed by atoms with Crippen LogP contribution in [-0.4, -0.2) is 67.4 Å². The number of anilines is 1. The first-order valence-electron chi connectivity index (χ1n) is 10.5. The lowest BCUT2D eigenvalue weighted by atomic mass is 10.1. The second kappa shape index (κ2) is 10.9. The van der Waals surface area contributed by atoms with E-state index in [-0.39, 0.29) is 23.4 Å². The van der Waals surface area contributed by atoms with Crippen LogP contribution >= 0.6 is 11.3 Å². The number of aromatic nitrogens is 2. The van der Waals surface area contributed by atoms with Crippen LogP contribution in [0, 0.1) is 0 Å². The van der Waals surface area contributed by atoms with Crippen molar-refractivity contribution in [3.05, 3.63) is 58.0 Å². The molecule has 0 bridgehead atoms. The number of nitrogens with one attached hydrogen (secondary N) is 1. The fourth-order valence-electron chi connectivity index (χ4n) is 3.28. The number of ether oxygens (including phenoxy) is 4. The Bertz CT molecular complexity index is 1140. The largest absolute Gasteiger partial charge is 0.493 e. The van der Waals surface area contributed by atoms with Crippen molar-refractivity contribution in [2.45, 2.75) is 6.61 Å². The highest BCUT2D eigenvalue weighted by molar-refractivity contribution is 7.13. The van der Waals surface area contributed by atoms with Crippen LogP contribution in [-0.2, 0) is 11.3 Å². The van der Waals surface area contributed by atoms with E-state index in [0.717, 1.165) is 11.3 Å². The third-order valence-corrected chi connectivity index (χ3v) is 5.96. The molecule has 0 atom stereocenters. The Morgan fingerprint density at radius 2 is 1.76 bits per heavy atom. The van der Waals surface area contributed by atoms with E-state index >= 15 is 0 Å². The van der Waals surface area contributed by atoms with Gasteiger partial charge in [-0.3, -0.25) is 9.59 Å². The molecule has 34 heavy (non-hydrogen) atoms. The summed E-state index contributed by atoms with van der Waals surface area (Å²) < 4.78 is 21.5. The summed E-state index contributed by atoms with van der Waals surface area (Å²) in [5, 5.41) is 11.5. The van der Waals surface area contributed by atoms with Crippen molar-refractivity contribution >= 4 is 28.8 Å². The highest BCUT2D eigenvalue weighted by Gasteiger charge is 2.19. The van der Waals surface area contributed by atoms with Crippen LogP contribution in [0.3, 0.4) is 0 Å². The van der Waals surface area contributed by atoms with E-state index in [0.29, 0.717) is 59.8 Å². The summed E-state index contributed by atoms with van der Waals surface area (Å²) >= 11 is 1.14. The number of morpholine rings is 1. The molecule has 2 heterocycles. The molecule has 0 unspecified atom stereocenters. The number of rotatable bonds is 8. The number of carbonyl (C=O) groups is 2. The van der Waals surface area contributed by atoms with Crippen LogP contribution in [0.5, 0.6) is 17.2 Å². The monoisotopic (exact) mass is 484 g/mol. The van der Waals surface area contributed by atoms with Gasteiger partial charge in [0.15, 0.2) is 16.5 Å². The third-order valence-electron chi connectivity index (χ3n) is 5.07. The summed E-state index contributed by atoms with van der Waals surface area (Å²) in [4.78, 5) is 26.8. The van der Waals surface area contributed by atoms with Crippen molar-refractivity contribution < 1.29 is 28.5 Å². The Labute approximate surface area is 200 Å².